The number of hydrogen-bond donors (Lipinski definition) is 1. The number of aliphatic hydroxyl groups is 1. The number of hydrogen-bond acceptors (Lipinski definition) is 3. The summed E-state index contributed by atoms with van der Waals surface area (Å²) in [5.41, 5.74) is -0.439. The first-order valence-corrected chi connectivity index (χ1v) is 5.51. The van der Waals surface area contributed by atoms with Crippen molar-refractivity contribution in [1.29, 1.82) is 5.26 Å². The Morgan fingerprint density at radius 3 is 2.40 bits per heavy atom. The van der Waals surface area contributed by atoms with Crippen LogP contribution in [0.3, 0.4) is 0 Å². The molecule has 0 rings (SSSR count). The molecule has 0 aliphatic carbocycles. The highest BCUT2D eigenvalue weighted by atomic mass is 16.5. The highest BCUT2D eigenvalue weighted by Crippen LogP contribution is 2.36. The van der Waals surface area contributed by atoms with Gasteiger partial charge in [-0.15, -0.1) is 0 Å². The molecule has 0 fully saturated rings. The fraction of sp³-hybridized carbons (Fsp3) is 0.833. The van der Waals surface area contributed by atoms with E-state index in [1.165, 1.54) is 0 Å². The Bertz CT molecular complexity index is 206. The molecule has 87 valence electrons. The van der Waals surface area contributed by atoms with Crippen molar-refractivity contribution in [3.05, 3.63) is 5.92 Å². The van der Waals surface area contributed by atoms with Crippen molar-refractivity contribution in [2.45, 2.75) is 45.6 Å². The molecule has 1 N–H and O–H groups in total. The Labute approximate surface area is 93.1 Å². The normalized spacial score (nSPS) is 17.1. The van der Waals surface area contributed by atoms with Crippen molar-refractivity contribution in [3.8, 4) is 6.07 Å². The topological polar surface area (TPSA) is 53.2 Å². The van der Waals surface area contributed by atoms with Crippen molar-refractivity contribution in [2.24, 2.45) is 5.92 Å². The minimum Gasteiger partial charge on any atom is -0.396 e. The molecule has 3 nitrogen and oxygen atoms in total. The van der Waals surface area contributed by atoms with Crippen LogP contribution in [0.1, 0.15) is 40.0 Å². The van der Waals surface area contributed by atoms with E-state index in [0.29, 0.717) is 6.42 Å². The first kappa shape index (κ1) is 14.4. The average molecular weight is 212 g/mol. The Morgan fingerprint density at radius 2 is 2.13 bits per heavy atom. The van der Waals surface area contributed by atoms with Gasteiger partial charge in [0.15, 0.2) is 0 Å². The van der Waals surface area contributed by atoms with Gasteiger partial charge in [-0.05, 0) is 12.8 Å². The summed E-state index contributed by atoms with van der Waals surface area (Å²) in [4.78, 5) is 0. The zero-order valence-electron chi connectivity index (χ0n) is 10.2. The summed E-state index contributed by atoms with van der Waals surface area (Å²) in [6, 6.07) is 2.29. The standard InChI is InChI=1S/C12H22NO2/c1-5-11(9-13)10(3)12(6-2,15-4)7-8-14/h11,14H,5-8H2,1-4H3. The maximum absolute atomic E-state index is 9.06. The monoisotopic (exact) mass is 212 g/mol. The summed E-state index contributed by atoms with van der Waals surface area (Å²) in [6.07, 6.45) is 2.14. The molecule has 0 aromatic rings. The van der Waals surface area contributed by atoms with Gasteiger partial charge in [-0.1, -0.05) is 20.8 Å². The molecule has 0 saturated carbocycles. The quantitative estimate of drug-likeness (QED) is 0.704. The fourth-order valence-electron chi connectivity index (χ4n) is 2.05. The van der Waals surface area contributed by atoms with Gasteiger partial charge in [0.05, 0.1) is 17.6 Å². The van der Waals surface area contributed by atoms with Crippen LogP contribution in [-0.2, 0) is 4.74 Å². The minimum atomic E-state index is -0.439. The van der Waals surface area contributed by atoms with Gasteiger partial charge in [-0.25, -0.2) is 0 Å². The van der Waals surface area contributed by atoms with Crippen molar-refractivity contribution < 1.29 is 9.84 Å². The molecule has 0 spiro atoms. The van der Waals surface area contributed by atoms with E-state index in [1.807, 2.05) is 20.8 Å². The molecule has 0 aliphatic heterocycles. The fourth-order valence-corrected chi connectivity index (χ4v) is 2.05. The summed E-state index contributed by atoms with van der Waals surface area (Å²) in [6.45, 7) is 6.06. The first-order chi connectivity index (χ1) is 7.11. The lowest BCUT2D eigenvalue weighted by atomic mass is 9.75. The molecule has 1 radical (unpaired) electrons. The predicted molar refractivity (Wildman–Crippen MR) is 60.0 cm³/mol. The molecule has 0 heterocycles. The third-order valence-electron chi connectivity index (χ3n) is 3.28. The number of aliphatic hydroxyl groups excluding tert-OH is 1. The number of nitrogens with zero attached hydrogens (tertiary/aromatic N) is 1. The Balaban J connectivity index is 4.81. The van der Waals surface area contributed by atoms with Crippen LogP contribution >= 0.6 is 0 Å². The number of methoxy groups -OCH3 is 1. The van der Waals surface area contributed by atoms with E-state index in [-0.39, 0.29) is 12.5 Å². The van der Waals surface area contributed by atoms with E-state index in [1.54, 1.807) is 7.11 Å². The predicted octanol–water partition coefficient (Wildman–Crippen LogP) is 2.31. The Morgan fingerprint density at radius 1 is 1.53 bits per heavy atom. The van der Waals surface area contributed by atoms with Crippen LogP contribution in [-0.4, -0.2) is 24.4 Å². The van der Waals surface area contributed by atoms with Gasteiger partial charge in [0.1, 0.15) is 0 Å². The highest BCUT2D eigenvalue weighted by Gasteiger charge is 2.38. The lowest BCUT2D eigenvalue weighted by Crippen LogP contribution is -2.40. The zero-order chi connectivity index (χ0) is 11.9. The van der Waals surface area contributed by atoms with E-state index in [4.69, 9.17) is 15.1 Å². The van der Waals surface area contributed by atoms with Crippen LogP contribution in [0.4, 0.5) is 0 Å². The lowest BCUT2D eigenvalue weighted by Gasteiger charge is -2.38. The van der Waals surface area contributed by atoms with Crippen molar-refractivity contribution >= 4 is 0 Å². The van der Waals surface area contributed by atoms with Crippen molar-refractivity contribution in [2.75, 3.05) is 13.7 Å². The summed E-state index contributed by atoms with van der Waals surface area (Å²) < 4.78 is 5.53. The van der Waals surface area contributed by atoms with Crippen LogP contribution in [0.5, 0.6) is 0 Å². The van der Waals surface area contributed by atoms with Crippen molar-refractivity contribution in [1.82, 2.24) is 0 Å². The van der Waals surface area contributed by atoms with Crippen molar-refractivity contribution in [3.63, 3.8) is 0 Å². The Hall–Kier alpha value is -0.590. The first-order valence-electron chi connectivity index (χ1n) is 5.51. The molecular weight excluding hydrogens is 190 g/mol. The van der Waals surface area contributed by atoms with E-state index in [0.717, 1.165) is 18.8 Å². The highest BCUT2D eigenvalue weighted by molar-refractivity contribution is 5.15. The summed E-state index contributed by atoms with van der Waals surface area (Å²) in [7, 11) is 1.65. The summed E-state index contributed by atoms with van der Waals surface area (Å²) in [5, 5.41) is 18.1. The molecule has 0 saturated heterocycles. The van der Waals surface area contributed by atoms with Crippen LogP contribution in [0.15, 0.2) is 0 Å². The average Bonchev–Trinajstić information content (AvgIpc) is 2.27. The smallest absolute Gasteiger partial charge is 0.0770 e. The van der Waals surface area contributed by atoms with Gasteiger partial charge in [0.2, 0.25) is 0 Å². The van der Waals surface area contributed by atoms with Crippen LogP contribution in [0, 0.1) is 23.2 Å². The number of ether oxygens (including phenoxy) is 1. The molecule has 3 heteroatoms. The summed E-state index contributed by atoms with van der Waals surface area (Å²) in [5.74, 6) is 0.947. The van der Waals surface area contributed by atoms with Crippen LogP contribution in [0.2, 0.25) is 0 Å². The molecule has 2 atom stereocenters. The SMILES string of the molecule is CCC(C#N)[C](C)C(CC)(CCO)OC. The maximum Gasteiger partial charge on any atom is 0.0770 e. The largest absolute Gasteiger partial charge is 0.396 e. The minimum absolute atomic E-state index is 0.0842. The number of nitriles is 1. The third kappa shape index (κ3) is 3.19. The van der Waals surface area contributed by atoms with Gasteiger partial charge < -0.3 is 9.84 Å². The molecule has 0 amide bonds. The molecular formula is C12H22NO2. The second-order valence-corrected chi connectivity index (χ2v) is 3.80. The third-order valence-corrected chi connectivity index (χ3v) is 3.28. The maximum atomic E-state index is 9.06. The lowest BCUT2D eigenvalue weighted by molar-refractivity contribution is -0.0259. The van der Waals surface area contributed by atoms with Crippen LogP contribution in [0.25, 0.3) is 0 Å². The van der Waals surface area contributed by atoms with Crippen LogP contribution < -0.4 is 0 Å². The van der Waals surface area contributed by atoms with E-state index in [2.05, 4.69) is 6.07 Å². The van der Waals surface area contributed by atoms with Gasteiger partial charge in [0, 0.05) is 26.1 Å². The summed E-state index contributed by atoms with van der Waals surface area (Å²) >= 11 is 0. The van der Waals surface area contributed by atoms with Gasteiger partial charge in [0.25, 0.3) is 0 Å². The van der Waals surface area contributed by atoms with Gasteiger partial charge in [-0.3, -0.25) is 0 Å². The zero-order valence-corrected chi connectivity index (χ0v) is 10.2. The number of rotatable bonds is 7. The molecule has 0 aliphatic rings. The second-order valence-electron chi connectivity index (χ2n) is 3.80. The molecule has 0 aromatic heterocycles. The van der Waals surface area contributed by atoms with Gasteiger partial charge in [-0.2, -0.15) is 5.26 Å². The molecule has 0 bridgehead atoms. The second kappa shape index (κ2) is 6.81. The van der Waals surface area contributed by atoms with E-state index < -0.39 is 5.60 Å². The Kier molecular flexibility index (Phi) is 6.55. The van der Waals surface area contributed by atoms with E-state index >= 15 is 0 Å². The molecule has 0 aromatic carbocycles. The molecule has 2 unspecified atom stereocenters. The molecule has 15 heavy (non-hydrogen) atoms. The van der Waals surface area contributed by atoms with E-state index in [9.17, 15) is 0 Å². The van der Waals surface area contributed by atoms with Gasteiger partial charge >= 0.3 is 0 Å².